The van der Waals surface area contributed by atoms with E-state index in [9.17, 15) is 4.79 Å². The molecule has 0 radical (unpaired) electrons. The summed E-state index contributed by atoms with van der Waals surface area (Å²) in [4.78, 5) is 12.3. The van der Waals surface area contributed by atoms with Crippen molar-refractivity contribution >= 4 is 11.9 Å². The van der Waals surface area contributed by atoms with Crippen LogP contribution in [-0.4, -0.2) is 5.78 Å². The standard InChI is InChI=1S/C26H36O/c1-3-5-6-7-8-9-10-11-12-13-14-15-16-17-18-23-26(27)25-22-20-19-21-24(25)4-2/h4-6,8-9,11-12,19-22H,2-3,7,10,13-18,23H2,1H3/b6-5-,9-8-,12-11-. The van der Waals surface area contributed by atoms with E-state index in [1.807, 2.05) is 24.3 Å². The first-order valence-electron chi connectivity index (χ1n) is 10.5. The number of hydrogen-bond acceptors (Lipinski definition) is 1. The van der Waals surface area contributed by atoms with Crippen molar-refractivity contribution in [3.8, 4) is 0 Å². The van der Waals surface area contributed by atoms with Crippen LogP contribution in [0.4, 0.5) is 0 Å². The van der Waals surface area contributed by atoms with Crippen LogP contribution in [0.2, 0.25) is 0 Å². The minimum absolute atomic E-state index is 0.242. The second kappa shape index (κ2) is 16.1. The summed E-state index contributed by atoms with van der Waals surface area (Å²) in [5, 5.41) is 0. The molecule has 0 unspecified atom stereocenters. The Bertz CT molecular complexity index is 619. The molecule has 0 aliphatic rings. The van der Waals surface area contributed by atoms with Crippen LogP contribution in [0.15, 0.2) is 67.3 Å². The number of hydrogen-bond donors (Lipinski definition) is 0. The Labute approximate surface area is 166 Å². The van der Waals surface area contributed by atoms with Crippen LogP contribution in [-0.2, 0) is 0 Å². The SMILES string of the molecule is C=Cc1ccccc1C(=O)CCCCCCC/C=C\C/C=C\C/C=C\CC. The van der Waals surface area contributed by atoms with Gasteiger partial charge in [0.25, 0.3) is 0 Å². The number of carbonyl (C=O) groups is 1. The second-order valence-electron chi connectivity index (χ2n) is 6.81. The molecule has 0 aliphatic heterocycles. The zero-order chi connectivity index (χ0) is 19.6. The molecule has 0 spiro atoms. The molecule has 1 rings (SSSR count). The molecule has 27 heavy (non-hydrogen) atoms. The Morgan fingerprint density at radius 2 is 1.48 bits per heavy atom. The average Bonchev–Trinajstić information content (AvgIpc) is 2.70. The first-order chi connectivity index (χ1) is 13.3. The van der Waals surface area contributed by atoms with Gasteiger partial charge in [-0.05, 0) is 44.1 Å². The van der Waals surface area contributed by atoms with Crippen molar-refractivity contribution in [1.82, 2.24) is 0 Å². The highest BCUT2D eigenvalue weighted by atomic mass is 16.1. The molecule has 1 heteroatoms. The van der Waals surface area contributed by atoms with E-state index in [0.717, 1.165) is 49.7 Å². The molecule has 1 nitrogen and oxygen atoms in total. The summed E-state index contributed by atoms with van der Waals surface area (Å²) >= 11 is 0. The Morgan fingerprint density at radius 1 is 0.852 bits per heavy atom. The Balaban J connectivity index is 2.01. The zero-order valence-electron chi connectivity index (χ0n) is 17.0. The van der Waals surface area contributed by atoms with Crippen LogP contribution in [0.1, 0.15) is 87.1 Å². The van der Waals surface area contributed by atoms with Crippen LogP contribution in [0.3, 0.4) is 0 Å². The predicted molar refractivity (Wildman–Crippen MR) is 120 cm³/mol. The summed E-state index contributed by atoms with van der Waals surface area (Å²) in [5.74, 6) is 0.242. The van der Waals surface area contributed by atoms with E-state index >= 15 is 0 Å². The lowest BCUT2D eigenvalue weighted by molar-refractivity contribution is 0.0979. The maximum atomic E-state index is 12.3. The number of benzene rings is 1. The van der Waals surface area contributed by atoms with Gasteiger partial charge < -0.3 is 0 Å². The third kappa shape index (κ3) is 11.2. The normalized spacial score (nSPS) is 11.7. The molecule has 0 fully saturated rings. The summed E-state index contributed by atoms with van der Waals surface area (Å²) in [6.07, 6.45) is 26.0. The molecule has 0 saturated carbocycles. The van der Waals surface area contributed by atoms with Gasteiger partial charge in [0.05, 0.1) is 0 Å². The van der Waals surface area contributed by atoms with Gasteiger partial charge in [0, 0.05) is 12.0 Å². The van der Waals surface area contributed by atoms with Crippen molar-refractivity contribution in [2.75, 3.05) is 0 Å². The van der Waals surface area contributed by atoms with E-state index in [1.54, 1.807) is 6.08 Å². The molecular weight excluding hydrogens is 328 g/mol. The molecule has 0 saturated heterocycles. The van der Waals surface area contributed by atoms with Gasteiger partial charge in [-0.2, -0.15) is 0 Å². The van der Waals surface area contributed by atoms with Gasteiger partial charge in [-0.1, -0.05) is 99.6 Å². The molecule has 0 atom stereocenters. The Hall–Kier alpha value is -2.15. The van der Waals surface area contributed by atoms with Crippen molar-refractivity contribution in [2.24, 2.45) is 0 Å². The molecule has 1 aromatic carbocycles. The van der Waals surface area contributed by atoms with Crippen LogP contribution in [0, 0.1) is 0 Å². The number of allylic oxidation sites excluding steroid dienone is 6. The van der Waals surface area contributed by atoms with E-state index < -0.39 is 0 Å². The topological polar surface area (TPSA) is 17.1 Å². The zero-order valence-corrected chi connectivity index (χ0v) is 17.0. The quantitative estimate of drug-likeness (QED) is 0.174. The van der Waals surface area contributed by atoms with Crippen LogP contribution in [0.5, 0.6) is 0 Å². The molecule has 0 aromatic heterocycles. The number of Topliss-reactive ketones (excluding diaryl/α,β-unsaturated/α-hetero) is 1. The average molecular weight is 365 g/mol. The summed E-state index contributed by atoms with van der Waals surface area (Å²) in [6, 6.07) is 7.73. The Morgan fingerprint density at radius 3 is 2.22 bits per heavy atom. The fourth-order valence-electron chi connectivity index (χ4n) is 2.97. The summed E-state index contributed by atoms with van der Waals surface area (Å²) in [6.45, 7) is 5.95. The Kier molecular flexibility index (Phi) is 13.6. The number of carbonyl (C=O) groups excluding carboxylic acids is 1. The minimum Gasteiger partial charge on any atom is -0.294 e. The number of unbranched alkanes of at least 4 members (excludes halogenated alkanes) is 5. The third-order valence-electron chi connectivity index (χ3n) is 4.54. The number of rotatable bonds is 15. The monoisotopic (exact) mass is 364 g/mol. The van der Waals surface area contributed by atoms with Crippen LogP contribution in [0.25, 0.3) is 6.08 Å². The van der Waals surface area contributed by atoms with Gasteiger partial charge in [0.2, 0.25) is 0 Å². The molecule has 0 heterocycles. The minimum atomic E-state index is 0.242. The van der Waals surface area contributed by atoms with E-state index in [-0.39, 0.29) is 5.78 Å². The largest absolute Gasteiger partial charge is 0.294 e. The summed E-state index contributed by atoms with van der Waals surface area (Å²) in [7, 11) is 0. The van der Waals surface area contributed by atoms with Gasteiger partial charge in [-0.3, -0.25) is 4.79 Å². The van der Waals surface area contributed by atoms with Crippen LogP contribution >= 0.6 is 0 Å². The molecule has 1 aromatic rings. The molecule has 0 aliphatic carbocycles. The molecule has 0 amide bonds. The molecular formula is C26H36O. The maximum Gasteiger partial charge on any atom is 0.163 e. The van der Waals surface area contributed by atoms with E-state index in [2.05, 4.69) is 50.0 Å². The molecule has 0 bridgehead atoms. The fraction of sp³-hybridized carbons (Fsp3) is 0.423. The smallest absolute Gasteiger partial charge is 0.163 e. The maximum absolute atomic E-state index is 12.3. The highest BCUT2D eigenvalue weighted by molar-refractivity contribution is 5.99. The van der Waals surface area contributed by atoms with E-state index in [0.29, 0.717) is 6.42 Å². The summed E-state index contributed by atoms with van der Waals surface area (Å²) < 4.78 is 0. The van der Waals surface area contributed by atoms with E-state index in [4.69, 9.17) is 0 Å². The van der Waals surface area contributed by atoms with Gasteiger partial charge in [-0.25, -0.2) is 0 Å². The highest BCUT2D eigenvalue weighted by Crippen LogP contribution is 2.15. The van der Waals surface area contributed by atoms with Crippen molar-refractivity contribution < 1.29 is 4.79 Å². The third-order valence-corrected chi connectivity index (χ3v) is 4.54. The fourth-order valence-corrected chi connectivity index (χ4v) is 2.97. The first kappa shape index (κ1) is 22.9. The van der Waals surface area contributed by atoms with Crippen molar-refractivity contribution in [3.05, 3.63) is 78.4 Å². The van der Waals surface area contributed by atoms with Gasteiger partial charge in [-0.15, -0.1) is 0 Å². The number of ketones is 1. The first-order valence-corrected chi connectivity index (χ1v) is 10.5. The van der Waals surface area contributed by atoms with Gasteiger partial charge in [0.15, 0.2) is 5.78 Å². The highest BCUT2D eigenvalue weighted by Gasteiger charge is 2.08. The van der Waals surface area contributed by atoms with Crippen molar-refractivity contribution in [3.63, 3.8) is 0 Å². The van der Waals surface area contributed by atoms with Gasteiger partial charge in [0.1, 0.15) is 0 Å². The molecule has 146 valence electrons. The van der Waals surface area contributed by atoms with Crippen molar-refractivity contribution in [1.29, 1.82) is 0 Å². The van der Waals surface area contributed by atoms with Crippen LogP contribution < -0.4 is 0 Å². The lowest BCUT2D eigenvalue weighted by Gasteiger charge is -2.05. The lowest BCUT2D eigenvalue weighted by Crippen LogP contribution is -2.01. The van der Waals surface area contributed by atoms with Crippen molar-refractivity contribution in [2.45, 2.75) is 71.1 Å². The molecule has 0 N–H and O–H groups in total. The predicted octanol–water partition coefficient (Wildman–Crippen LogP) is 8.10. The lowest BCUT2D eigenvalue weighted by atomic mass is 9.99. The second-order valence-corrected chi connectivity index (χ2v) is 6.81. The van der Waals surface area contributed by atoms with Gasteiger partial charge >= 0.3 is 0 Å². The van der Waals surface area contributed by atoms with E-state index in [1.165, 1.54) is 19.3 Å². The summed E-state index contributed by atoms with van der Waals surface area (Å²) in [5.41, 5.74) is 1.76.